The normalized spacial score (nSPS) is 18.5. The van der Waals surface area contributed by atoms with Crippen LogP contribution in [0.5, 0.6) is 0 Å². The van der Waals surface area contributed by atoms with Gasteiger partial charge in [0.2, 0.25) is 5.91 Å². The predicted octanol–water partition coefficient (Wildman–Crippen LogP) is 6.39. The maximum atomic E-state index is 14.1. The second-order valence-electron chi connectivity index (χ2n) is 8.82. The molecular formula is C25H28Cl2F4N2O2. The third-order valence-corrected chi connectivity index (χ3v) is 7.08. The van der Waals surface area contributed by atoms with Crippen molar-refractivity contribution in [1.29, 1.82) is 0 Å². The summed E-state index contributed by atoms with van der Waals surface area (Å²) in [5.41, 5.74) is 0.0310. The van der Waals surface area contributed by atoms with Gasteiger partial charge in [0.05, 0.1) is 15.6 Å². The van der Waals surface area contributed by atoms with Crippen molar-refractivity contribution >= 4 is 29.1 Å². The Bertz CT molecular complexity index is 1040. The number of carbonyl (C=O) groups is 1. The van der Waals surface area contributed by atoms with Crippen molar-refractivity contribution in [3.8, 4) is 0 Å². The first-order valence-electron chi connectivity index (χ1n) is 11.3. The molecule has 3 rings (SSSR count). The number of alkyl halides is 3. The molecule has 1 saturated heterocycles. The number of nitrogens with zero attached hydrogens (tertiary/aromatic N) is 2. The van der Waals surface area contributed by atoms with Gasteiger partial charge in [-0.2, -0.15) is 13.2 Å². The first-order chi connectivity index (χ1) is 16.5. The van der Waals surface area contributed by atoms with Crippen LogP contribution in [0, 0.1) is 5.82 Å². The number of hydrogen-bond acceptors (Lipinski definition) is 3. The van der Waals surface area contributed by atoms with E-state index in [4.69, 9.17) is 27.9 Å². The van der Waals surface area contributed by atoms with Gasteiger partial charge in [0.25, 0.3) is 0 Å². The minimum absolute atomic E-state index is 0.0302. The van der Waals surface area contributed by atoms with E-state index in [-0.39, 0.29) is 24.4 Å². The lowest BCUT2D eigenvalue weighted by atomic mass is 9.93. The van der Waals surface area contributed by atoms with Crippen molar-refractivity contribution in [3.63, 3.8) is 0 Å². The van der Waals surface area contributed by atoms with E-state index >= 15 is 0 Å². The van der Waals surface area contributed by atoms with E-state index < -0.39 is 17.6 Å². The monoisotopic (exact) mass is 534 g/mol. The number of unbranched alkanes of at least 4 members (excludes halogenated alkanes) is 1. The SMILES string of the molecule is COCCCCC(=O)N1C[C@H](c2ccc(Cl)c(Cl)c2)[C@@H](N(C)Cc2ccc(C(F)(F)F)c(F)c2)C1. The summed E-state index contributed by atoms with van der Waals surface area (Å²) in [6, 6.07) is 8.16. The van der Waals surface area contributed by atoms with Gasteiger partial charge in [0, 0.05) is 51.7 Å². The number of hydrogen-bond donors (Lipinski definition) is 0. The Labute approximate surface area is 212 Å². The summed E-state index contributed by atoms with van der Waals surface area (Å²) in [6.07, 6.45) is -2.85. The first-order valence-corrected chi connectivity index (χ1v) is 12.0. The Hall–Kier alpha value is -1.87. The smallest absolute Gasteiger partial charge is 0.385 e. The molecule has 192 valence electrons. The number of ether oxygens (including phenoxy) is 1. The fraction of sp³-hybridized carbons (Fsp3) is 0.480. The van der Waals surface area contributed by atoms with Crippen LogP contribution in [0.15, 0.2) is 36.4 Å². The number of methoxy groups -OCH3 is 1. The Kier molecular flexibility index (Phi) is 9.43. The Morgan fingerprint density at radius 3 is 2.49 bits per heavy atom. The number of amides is 1. The number of halogens is 6. The molecule has 4 nitrogen and oxygen atoms in total. The van der Waals surface area contributed by atoms with Crippen LogP contribution in [-0.2, 0) is 22.3 Å². The quantitative estimate of drug-likeness (QED) is 0.276. The fourth-order valence-electron chi connectivity index (χ4n) is 4.48. The second-order valence-corrected chi connectivity index (χ2v) is 9.64. The van der Waals surface area contributed by atoms with Crippen LogP contribution >= 0.6 is 23.2 Å². The average molecular weight is 535 g/mol. The van der Waals surface area contributed by atoms with Gasteiger partial charge >= 0.3 is 6.18 Å². The van der Waals surface area contributed by atoms with Gasteiger partial charge in [-0.15, -0.1) is 0 Å². The van der Waals surface area contributed by atoms with E-state index in [1.807, 2.05) is 18.0 Å². The molecule has 1 fully saturated rings. The molecule has 2 aromatic carbocycles. The number of likely N-dealkylation sites (tertiary alicyclic amines) is 1. The molecule has 0 bridgehead atoms. The lowest BCUT2D eigenvalue weighted by molar-refractivity contribution is -0.140. The Balaban J connectivity index is 1.79. The topological polar surface area (TPSA) is 32.8 Å². The molecule has 1 heterocycles. The zero-order valence-electron chi connectivity index (χ0n) is 19.5. The second kappa shape index (κ2) is 11.9. The fourth-order valence-corrected chi connectivity index (χ4v) is 4.79. The van der Waals surface area contributed by atoms with E-state index in [1.165, 1.54) is 6.07 Å². The zero-order chi connectivity index (χ0) is 25.8. The molecule has 0 aromatic heterocycles. The summed E-state index contributed by atoms with van der Waals surface area (Å²) in [5, 5.41) is 0.823. The minimum atomic E-state index is -4.75. The van der Waals surface area contributed by atoms with Gasteiger partial charge in [-0.05, 0) is 55.3 Å². The Morgan fingerprint density at radius 2 is 1.86 bits per heavy atom. The summed E-state index contributed by atoms with van der Waals surface area (Å²) in [5.74, 6) is -1.37. The van der Waals surface area contributed by atoms with Gasteiger partial charge in [0.1, 0.15) is 5.82 Å². The van der Waals surface area contributed by atoms with E-state index in [9.17, 15) is 22.4 Å². The molecule has 2 aromatic rings. The van der Waals surface area contributed by atoms with Crippen molar-refractivity contribution in [2.24, 2.45) is 0 Å². The molecule has 10 heteroatoms. The minimum Gasteiger partial charge on any atom is -0.385 e. The van der Waals surface area contributed by atoms with Crippen molar-refractivity contribution < 1.29 is 27.1 Å². The average Bonchev–Trinajstić information content (AvgIpc) is 3.23. The van der Waals surface area contributed by atoms with Crippen LogP contribution in [-0.4, -0.2) is 55.6 Å². The summed E-state index contributed by atoms with van der Waals surface area (Å²) >= 11 is 12.3. The molecule has 0 unspecified atom stereocenters. The maximum absolute atomic E-state index is 14.1. The van der Waals surface area contributed by atoms with Gasteiger partial charge in [-0.25, -0.2) is 4.39 Å². The third-order valence-electron chi connectivity index (χ3n) is 6.34. The Morgan fingerprint density at radius 1 is 1.11 bits per heavy atom. The third kappa shape index (κ3) is 7.09. The van der Waals surface area contributed by atoms with E-state index in [1.54, 1.807) is 24.1 Å². The van der Waals surface area contributed by atoms with Gasteiger partial charge in [0.15, 0.2) is 0 Å². The molecule has 1 amide bonds. The van der Waals surface area contributed by atoms with Crippen LogP contribution in [0.1, 0.15) is 41.9 Å². The molecule has 0 saturated carbocycles. The molecule has 0 N–H and O–H groups in total. The highest BCUT2D eigenvalue weighted by Gasteiger charge is 2.39. The van der Waals surface area contributed by atoms with Crippen molar-refractivity contribution in [2.45, 2.75) is 43.9 Å². The lowest BCUT2D eigenvalue weighted by Crippen LogP contribution is -2.38. The van der Waals surface area contributed by atoms with Gasteiger partial charge in [-0.1, -0.05) is 35.3 Å². The lowest BCUT2D eigenvalue weighted by Gasteiger charge is -2.29. The summed E-state index contributed by atoms with van der Waals surface area (Å²) < 4.78 is 57.9. The highest BCUT2D eigenvalue weighted by molar-refractivity contribution is 6.42. The molecule has 1 aliphatic rings. The maximum Gasteiger partial charge on any atom is 0.419 e. The van der Waals surface area contributed by atoms with Crippen LogP contribution in [0.2, 0.25) is 10.0 Å². The highest BCUT2D eigenvalue weighted by atomic mass is 35.5. The van der Waals surface area contributed by atoms with Crippen molar-refractivity contribution in [3.05, 3.63) is 69.0 Å². The number of rotatable bonds is 9. The van der Waals surface area contributed by atoms with E-state index in [0.29, 0.717) is 48.1 Å². The van der Waals surface area contributed by atoms with Crippen LogP contribution in [0.25, 0.3) is 0 Å². The van der Waals surface area contributed by atoms with Gasteiger partial charge in [-0.3, -0.25) is 9.69 Å². The van der Waals surface area contributed by atoms with Crippen LogP contribution < -0.4 is 0 Å². The predicted molar refractivity (Wildman–Crippen MR) is 128 cm³/mol. The standard InChI is InChI=1S/C25H28Cl2F4N2O2/c1-32(13-16-6-8-19(22(28)11-16)25(29,30)31)23-15-33(24(34)5-3-4-10-35-2)14-18(23)17-7-9-20(26)21(27)12-17/h6-9,11-12,18,23H,3-5,10,13-15H2,1-2H3/t18-,23+/m1/s1. The largest absolute Gasteiger partial charge is 0.419 e. The molecular weight excluding hydrogens is 507 g/mol. The van der Waals surface area contributed by atoms with Gasteiger partial charge < -0.3 is 9.64 Å². The first kappa shape index (κ1) is 27.7. The molecule has 35 heavy (non-hydrogen) atoms. The van der Waals surface area contributed by atoms with Crippen molar-refractivity contribution in [1.82, 2.24) is 9.80 Å². The molecule has 0 spiro atoms. The number of carbonyl (C=O) groups excluding carboxylic acids is 1. The molecule has 0 radical (unpaired) electrons. The highest BCUT2D eigenvalue weighted by Crippen LogP contribution is 2.36. The summed E-state index contributed by atoms with van der Waals surface area (Å²) in [7, 11) is 3.43. The van der Waals surface area contributed by atoms with Crippen LogP contribution in [0.3, 0.4) is 0 Å². The van der Waals surface area contributed by atoms with Crippen molar-refractivity contribution in [2.75, 3.05) is 33.9 Å². The van der Waals surface area contributed by atoms with E-state index in [2.05, 4.69) is 0 Å². The summed E-state index contributed by atoms with van der Waals surface area (Å²) in [4.78, 5) is 16.6. The molecule has 0 aliphatic carbocycles. The number of likely N-dealkylation sites (N-methyl/N-ethyl adjacent to an activating group) is 1. The molecule has 1 aliphatic heterocycles. The summed E-state index contributed by atoms with van der Waals surface area (Å²) in [6.45, 7) is 1.72. The van der Waals surface area contributed by atoms with E-state index in [0.717, 1.165) is 24.1 Å². The number of benzene rings is 2. The van der Waals surface area contributed by atoms with Crippen LogP contribution in [0.4, 0.5) is 17.6 Å². The molecule has 2 atom stereocenters. The zero-order valence-corrected chi connectivity index (χ0v) is 21.1.